The summed E-state index contributed by atoms with van der Waals surface area (Å²) in [5.41, 5.74) is 2.08. The molecule has 108 valence electrons. The molecule has 3 heteroatoms. The molecule has 0 amide bonds. The van der Waals surface area contributed by atoms with Crippen LogP contribution in [0.15, 0.2) is 24.3 Å². The molecule has 0 aliphatic heterocycles. The number of ether oxygens (including phenoxy) is 1. The summed E-state index contributed by atoms with van der Waals surface area (Å²) < 4.78 is 6.01. The first-order valence-corrected chi connectivity index (χ1v) is 7.57. The van der Waals surface area contributed by atoms with Crippen LogP contribution >= 0.6 is 0 Å². The predicted molar refractivity (Wildman–Crippen MR) is 77.1 cm³/mol. The third-order valence-electron chi connectivity index (χ3n) is 5.37. The summed E-state index contributed by atoms with van der Waals surface area (Å²) >= 11 is 0. The molecule has 3 aliphatic rings. The average Bonchev–Trinajstić information content (AvgIpc) is 2.49. The van der Waals surface area contributed by atoms with Crippen molar-refractivity contribution < 1.29 is 14.6 Å². The monoisotopic (exact) mass is 274 g/mol. The van der Waals surface area contributed by atoms with Crippen molar-refractivity contribution >= 4 is 5.97 Å². The number of hydrogen-bond acceptors (Lipinski definition) is 2. The van der Waals surface area contributed by atoms with Crippen molar-refractivity contribution in [3.05, 3.63) is 35.4 Å². The van der Waals surface area contributed by atoms with Crippen molar-refractivity contribution in [3.63, 3.8) is 0 Å². The molecule has 0 radical (unpaired) electrons. The maximum Gasteiger partial charge on any atom is 0.335 e. The number of rotatable bonds is 4. The Labute approximate surface area is 120 Å². The quantitative estimate of drug-likeness (QED) is 0.909. The highest BCUT2D eigenvalue weighted by molar-refractivity contribution is 5.87. The largest absolute Gasteiger partial charge is 0.478 e. The zero-order valence-electron chi connectivity index (χ0n) is 12.0. The summed E-state index contributed by atoms with van der Waals surface area (Å²) in [5, 5.41) is 8.99. The second kappa shape index (κ2) is 4.88. The summed E-state index contributed by atoms with van der Waals surface area (Å²) in [6, 6.07) is 7.52. The lowest BCUT2D eigenvalue weighted by atomic mass is 9.56. The van der Waals surface area contributed by atoms with E-state index in [4.69, 9.17) is 9.84 Å². The van der Waals surface area contributed by atoms with Gasteiger partial charge in [0.2, 0.25) is 0 Å². The first-order chi connectivity index (χ1) is 9.59. The number of benzene rings is 1. The van der Waals surface area contributed by atoms with Crippen LogP contribution in [-0.2, 0) is 10.2 Å². The molecular weight excluding hydrogens is 252 g/mol. The van der Waals surface area contributed by atoms with Gasteiger partial charge in [-0.3, -0.25) is 0 Å². The molecule has 0 heterocycles. The molecule has 3 aliphatic carbocycles. The topological polar surface area (TPSA) is 46.5 Å². The fourth-order valence-electron chi connectivity index (χ4n) is 4.07. The van der Waals surface area contributed by atoms with Crippen molar-refractivity contribution in [2.75, 3.05) is 6.61 Å². The Hall–Kier alpha value is -1.35. The molecule has 2 bridgehead atoms. The van der Waals surface area contributed by atoms with Gasteiger partial charge in [-0.15, -0.1) is 0 Å². The maximum atomic E-state index is 10.9. The van der Waals surface area contributed by atoms with Gasteiger partial charge in [0.25, 0.3) is 0 Å². The van der Waals surface area contributed by atoms with Crippen LogP contribution in [0.3, 0.4) is 0 Å². The lowest BCUT2D eigenvalue weighted by Gasteiger charge is -2.53. The molecule has 1 aromatic carbocycles. The summed E-state index contributed by atoms with van der Waals surface area (Å²) in [6.45, 7) is 2.89. The van der Waals surface area contributed by atoms with Gasteiger partial charge in [-0.05, 0) is 68.6 Å². The van der Waals surface area contributed by atoms with Crippen LogP contribution in [0, 0.1) is 0 Å². The van der Waals surface area contributed by atoms with Crippen LogP contribution in [0.4, 0.5) is 0 Å². The first-order valence-electron chi connectivity index (χ1n) is 7.57. The third kappa shape index (κ3) is 2.14. The van der Waals surface area contributed by atoms with E-state index in [1.807, 2.05) is 12.1 Å². The van der Waals surface area contributed by atoms with Gasteiger partial charge >= 0.3 is 5.97 Å². The Kier molecular flexibility index (Phi) is 3.33. The van der Waals surface area contributed by atoms with E-state index in [-0.39, 0.29) is 11.0 Å². The molecule has 0 unspecified atom stereocenters. The van der Waals surface area contributed by atoms with E-state index in [0.29, 0.717) is 5.56 Å². The third-order valence-corrected chi connectivity index (χ3v) is 5.37. The second-order valence-electron chi connectivity index (χ2n) is 6.28. The molecule has 0 saturated heterocycles. The van der Waals surface area contributed by atoms with E-state index in [9.17, 15) is 4.79 Å². The Bertz CT molecular complexity index is 479. The van der Waals surface area contributed by atoms with Crippen LogP contribution in [-0.4, -0.2) is 23.3 Å². The van der Waals surface area contributed by atoms with Crippen molar-refractivity contribution in [1.29, 1.82) is 0 Å². The minimum absolute atomic E-state index is 0.136. The molecule has 0 aromatic heterocycles. The highest BCUT2D eigenvalue weighted by Crippen LogP contribution is 2.54. The number of aromatic carboxylic acids is 1. The fraction of sp³-hybridized carbons (Fsp3) is 0.588. The minimum Gasteiger partial charge on any atom is -0.478 e. The van der Waals surface area contributed by atoms with E-state index >= 15 is 0 Å². The lowest BCUT2D eigenvalue weighted by molar-refractivity contribution is -0.114. The highest BCUT2D eigenvalue weighted by Gasteiger charge is 2.49. The van der Waals surface area contributed by atoms with Crippen molar-refractivity contribution in [2.45, 2.75) is 56.5 Å². The van der Waals surface area contributed by atoms with Crippen LogP contribution in [0.1, 0.15) is 61.4 Å². The average molecular weight is 274 g/mol. The van der Waals surface area contributed by atoms with Gasteiger partial charge in [0.1, 0.15) is 0 Å². The van der Waals surface area contributed by atoms with Gasteiger partial charge in [0.15, 0.2) is 0 Å². The van der Waals surface area contributed by atoms with Crippen molar-refractivity contribution in [1.82, 2.24) is 0 Å². The first kappa shape index (κ1) is 13.6. The summed E-state index contributed by atoms with van der Waals surface area (Å²) in [5.74, 6) is -0.850. The molecule has 0 atom stereocenters. The van der Waals surface area contributed by atoms with E-state index in [0.717, 1.165) is 25.9 Å². The lowest BCUT2D eigenvalue weighted by Crippen LogP contribution is -2.49. The number of carboxylic acid groups (broad SMARTS) is 1. The molecule has 0 spiro atoms. The normalized spacial score (nSPS) is 32.2. The molecule has 1 aromatic rings. The smallest absolute Gasteiger partial charge is 0.335 e. The van der Waals surface area contributed by atoms with Crippen LogP contribution in [0.25, 0.3) is 0 Å². The Balaban J connectivity index is 1.80. The van der Waals surface area contributed by atoms with Gasteiger partial charge in [0.05, 0.1) is 11.2 Å². The Morgan fingerprint density at radius 3 is 2.10 bits per heavy atom. The zero-order chi connectivity index (χ0) is 14.2. The summed E-state index contributed by atoms with van der Waals surface area (Å²) in [7, 11) is 0. The van der Waals surface area contributed by atoms with E-state index in [1.54, 1.807) is 12.1 Å². The number of carbonyl (C=O) groups is 1. The van der Waals surface area contributed by atoms with Crippen LogP contribution < -0.4 is 0 Å². The second-order valence-corrected chi connectivity index (χ2v) is 6.28. The Morgan fingerprint density at radius 1 is 1.10 bits per heavy atom. The van der Waals surface area contributed by atoms with Crippen molar-refractivity contribution in [3.8, 4) is 0 Å². The maximum absolute atomic E-state index is 10.9. The summed E-state index contributed by atoms with van der Waals surface area (Å²) in [4.78, 5) is 10.9. The molecule has 3 nitrogen and oxygen atoms in total. The predicted octanol–water partition coefficient (Wildman–Crippen LogP) is 3.77. The van der Waals surface area contributed by atoms with E-state index < -0.39 is 5.97 Å². The van der Waals surface area contributed by atoms with Crippen LogP contribution in [0.5, 0.6) is 0 Å². The van der Waals surface area contributed by atoms with Gasteiger partial charge in [-0.2, -0.15) is 0 Å². The molecule has 20 heavy (non-hydrogen) atoms. The zero-order valence-corrected chi connectivity index (χ0v) is 12.0. The standard InChI is InChI=1S/C17H22O3/c1-2-20-17-10-7-16(8-11-17,9-12-17)14-5-3-13(4-6-14)15(18)19/h3-6H,2,7-12H2,1H3,(H,18,19). The SMILES string of the molecule is CCOC12CCC(c3ccc(C(=O)O)cc3)(CC1)CC2. The molecule has 3 fully saturated rings. The van der Waals surface area contributed by atoms with Gasteiger partial charge in [-0.25, -0.2) is 4.79 Å². The van der Waals surface area contributed by atoms with Crippen molar-refractivity contribution in [2.24, 2.45) is 0 Å². The fourth-order valence-corrected chi connectivity index (χ4v) is 4.07. The Morgan fingerprint density at radius 2 is 1.65 bits per heavy atom. The molecule has 3 saturated carbocycles. The van der Waals surface area contributed by atoms with Gasteiger partial charge in [-0.1, -0.05) is 12.1 Å². The van der Waals surface area contributed by atoms with Gasteiger partial charge < -0.3 is 9.84 Å². The van der Waals surface area contributed by atoms with Crippen LogP contribution in [0.2, 0.25) is 0 Å². The summed E-state index contributed by atoms with van der Waals surface area (Å²) in [6.07, 6.45) is 6.92. The molecular formula is C17H22O3. The van der Waals surface area contributed by atoms with E-state index in [1.165, 1.54) is 24.8 Å². The van der Waals surface area contributed by atoms with Gasteiger partial charge in [0, 0.05) is 6.61 Å². The molecule has 1 N–H and O–H groups in total. The molecule has 4 rings (SSSR count). The number of fused-ring (bicyclic) bond motifs is 3. The number of hydrogen-bond donors (Lipinski definition) is 1. The van der Waals surface area contributed by atoms with E-state index in [2.05, 4.69) is 6.92 Å². The minimum atomic E-state index is -0.850. The highest BCUT2D eigenvalue weighted by atomic mass is 16.5. The number of carboxylic acids is 1.